The highest BCUT2D eigenvalue weighted by Gasteiger charge is 2.22. The summed E-state index contributed by atoms with van der Waals surface area (Å²) in [5.74, 6) is -1.36. The summed E-state index contributed by atoms with van der Waals surface area (Å²) in [4.78, 5) is 23.9. The number of aromatic nitrogens is 1. The number of carbonyl (C=O) groups excluding carboxylic acids is 2. The second kappa shape index (κ2) is 7.03. The Morgan fingerprint density at radius 1 is 1.28 bits per heavy atom. The van der Waals surface area contributed by atoms with Crippen molar-refractivity contribution < 1.29 is 27.3 Å². The molecule has 1 amide bonds. The van der Waals surface area contributed by atoms with Crippen LogP contribution in [0.2, 0.25) is 0 Å². The Balaban J connectivity index is 2.09. The summed E-state index contributed by atoms with van der Waals surface area (Å²) in [5.41, 5.74) is 0.936. The zero-order valence-corrected chi connectivity index (χ0v) is 14.6. The van der Waals surface area contributed by atoms with Crippen LogP contribution >= 0.6 is 0 Å². The molecule has 134 valence electrons. The van der Waals surface area contributed by atoms with Gasteiger partial charge in [0.05, 0.1) is 16.2 Å². The molecule has 2 rings (SSSR count). The van der Waals surface area contributed by atoms with Gasteiger partial charge in [-0.25, -0.2) is 18.4 Å². The third kappa shape index (κ3) is 4.64. The lowest BCUT2D eigenvalue weighted by atomic mass is 10.1. The molecule has 0 bridgehead atoms. The summed E-state index contributed by atoms with van der Waals surface area (Å²) in [5, 5.41) is 11.1. The fourth-order valence-electron chi connectivity index (χ4n) is 1.96. The van der Waals surface area contributed by atoms with Crippen LogP contribution in [0.1, 0.15) is 28.5 Å². The SMILES string of the molecule is Cc1cc(NC(=O)C(C)OC(=O)c2ccc(C)c(S(N)(=O)=O)c2)on1. The predicted molar refractivity (Wildman–Crippen MR) is 87.3 cm³/mol. The summed E-state index contributed by atoms with van der Waals surface area (Å²) < 4.78 is 32.9. The average molecular weight is 367 g/mol. The van der Waals surface area contributed by atoms with Gasteiger partial charge in [-0.3, -0.25) is 10.1 Å². The Kier molecular flexibility index (Phi) is 5.24. The largest absolute Gasteiger partial charge is 0.449 e. The number of amides is 1. The van der Waals surface area contributed by atoms with E-state index in [1.807, 2.05) is 0 Å². The Hall–Kier alpha value is -2.72. The predicted octanol–water partition coefficient (Wildman–Crippen LogP) is 1.12. The van der Waals surface area contributed by atoms with Crippen LogP contribution in [-0.2, 0) is 19.6 Å². The van der Waals surface area contributed by atoms with Gasteiger partial charge in [-0.05, 0) is 38.5 Å². The van der Waals surface area contributed by atoms with Crippen molar-refractivity contribution in [2.75, 3.05) is 5.32 Å². The number of hydrogen-bond acceptors (Lipinski definition) is 7. The Bertz CT molecular complexity index is 919. The molecule has 1 heterocycles. The van der Waals surface area contributed by atoms with Crippen LogP contribution in [0, 0.1) is 13.8 Å². The van der Waals surface area contributed by atoms with Crippen LogP contribution in [0.15, 0.2) is 33.7 Å². The van der Waals surface area contributed by atoms with Gasteiger partial charge in [-0.1, -0.05) is 11.2 Å². The zero-order valence-electron chi connectivity index (χ0n) is 13.8. The van der Waals surface area contributed by atoms with Crippen molar-refractivity contribution in [3.8, 4) is 0 Å². The second-order valence-electron chi connectivity index (χ2n) is 5.39. The smallest absolute Gasteiger partial charge is 0.338 e. The van der Waals surface area contributed by atoms with E-state index in [0.717, 1.165) is 6.07 Å². The molecule has 0 aliphatic carbocycles. The lowest BCUT2D eigenvalue weighted by molar-refractivity contribution is -0.123. The van der Waals surface area contributed by atoms with Crippen molar-refractivity contribution in [1.29, 1.82) is 0 Å². The molecule has 1 unspecified atom stereocenters. The highest BCUT2D eigenvalue weighted by atomic mass is 32.2. The molecule has 1 aromatic heterocycles. The molecule has 2 aromatic rings. The minimum absolute atomic E-state index is 0.0372. The van der Waals surface area contributed by atoms with E-state index in [4.69, 9.17) is 14.4 Å². The number of sulfonamides is 1. The van der Waals surface area contributed by atoms with E-state index in [-0.39, 0.29) is 16.3 Å². The maximum Gasteiger partial charge on any atom is 0.338 e. The number of primary sulfonamides is 1. The minimum atomic E-state index is -3.98. The number of hydrogen-bond donors (Lipinski definition) is 2. The van der Waals surface area contributed by atoms with Crippen LogP contribution in [0.5, 0.6) is 0 Å². The Labute approximate surface area is 144 Å². The Morgan fingerprint density at radius 2 is 1.96 bits per heavy atom. The monoisotopic (exact) mass is 367 g/mol. The van der Waals surface area contributed by atoms with Gasteiger partial charge in [-0.15, -0.1) is 0 Å². The fraction of sp³-hybridized carbons (Fsp3) is 0.267. The third-order valence-electron chi connectivity index (χ3n) is 3.26. The standard InChI is InChI=1S/C15H17N3O6S/c1-8-4-5-11(7-12(8)25(16,21)22)15(20)23-10(3)14(19)17-13-6-9(2)18-24-13/h4-7,10H,1-3H3,(H,17,19)(H2,16,21,22). The molecule has 0 saturated carbocycles. The zero-order chi connectivity index (χ0) is 18.8. The van der Waals surface area contributed by atoms with Gasteiger partial charge in [0.1, 0.15) is 0 Å². The third-order valence-corrected chi connectivity index (χ3v) is 4.31. The van der Waals surface area contributed by atoms with Gasteiger partial charge < -0.3 is 9.26 Å². The van der Waals surface area contributed by atoms with E-state index in [1.54, 1.807) is 13.8 Å². The number of benzene rings is 1. The first-order chi connectivity index (χ1) is 11.6. The molecular formula is C15H17N3O6S. The van der Waals surface area contributed by atoms with Gasteiger partial charge in [-0.2, -0.15) is 0 Å². The maximum atomic E-state index is 12.1. The number of ether oxygens (including phenoxy) is 1. The first-order valence-corrected chi connectivity index (χ1v) is 8.71. The minimum Gasteiger partial charge on any atom is -0.449 e. The number of aryl methyl sites for hydroxylation is 2. The summed E-state index contributed by atoms with van der Waals surface area (Å²) >= 11 is 0. The van der Waals surface area contributed by atoms with E-state index >= 15 is 0 Å². The molecule has 3 N–H and O–H groups in total. The van der Waals surface area contributed by atoms with Crippen LogP contribution in [0.25, 0.3) is 0 Å². The lowest BCUT2D eigenvalue weighted by Gasteiger charge is -2.13. The van der Waals surface area contributed by atoms with Gasteiger partial charge in [0.15, 0.2) is 6.10 Å². The van der Waals surface area contributed by atoms with E-state index in [2.05, 4.69) is 10.5 Å². The molecule has 0 spiro atoms. The first-order valence-electron chi connectivity index (χ1n) is 7.16. The lowest BCUT2D eigenvalue weighted by Crippen LogP contribution is -2.30. The van der Waals surface area contributed by atoms with Gasteiger partial charge in [0.2, 0.25) is 15.9 Å². The highest BCUT2D eigenvalue weighted by molar-refractivity contribution is 7.89. The maximum absolute atomic E-state index is 12.1. The quantitative estimate of drug-likeness (QED) is 0.754. The number of nitrogens with two attached hydrogens (primary N) is 1. The molecule has 0 saturated heterocycles. The van der Waals surface area contributed by atoms with Crippen LogP contribution < -0.4 is 10.5 Å². The van der Waals surface area contributed by atoms with E-state index < -0.39 is 28.0 Å². The molecule has 25 heavy (non-hydrogen) atoms. The molecule has 0 fully saturated rings. The molecular weight excluding hydrogens is 350 g/mol. The molecule has 9 nitrogen and oxygen atoms in total. The van der Waals surface area contributed by atoms with Crippen molar-refractivity contribution in [3.05, 3.63) is 41.1 Å². The molecule has 0 aliphatic rings. The molecule has 0 radical (unpaired) electrons. The van der Waals surface area contributed by atoms with Crippen LogP contribution in [0.4, 0.5) is 5.88 Å². The highest BCUT2D eigenvalue weighted by Crippen LogP contribution is 2.17. The normalized spacial score (nSPS) is 12.5. The van der Waals surface area contributed by atoms with Crippen LogP contribution in [-0.4, -0.2) is 31.6 Å². The molecule has 0 aliphatic heterocycles. The number of esters is 1. The summed E-state index contributed by atoms with van der Waals surface area (Å²) in [6.07, 6.45) is -1.14. The van der Waals surface area contributed by atoms with Gasteiger partial charge in [0, 0.05) is 6.07 Å². The van der Waals surface area contributed by atoms with Crippen molar-refractivity contribution in [1.82, 2.24) is 5.16 Å². The topological polar surface area (TPSA) is 142 Å². The number of rotatable bonds is 5. The summed E-state index contributed by atoms with van der Waals surface area (Å²) in [6.45, 7) is 4.60. The van der Waals surface area contributed by atoms with Crippen molar-refractivity contribution >= 4 is 27.8 Å². The number of carbonyl (C=O) groups is 2. The van der Waals surface area contributed by atoms with Crippen molar-refractivity contribution in [3.63, 3.8) is 0 Å². The summed E-state index contributed by atoms with van der Waals surface area (Å²) in [6, 6.07) is 5.43. The molecule has 1 aromatic carbocycles. The number of nitrogens with one attached hydrogen (secondary N) is 1. The van der Waals surface area contributed by atoms with Gasteiger partial charge >= 0.3 is 5.97 Å². The van der Waals surface area contributed by atoms with Crippen molar-refractivity contribution in [2.24, 2.45) is 5.14 Å². The second-order valence-corrected chi connectivity index (χ2v) is 6.92. The van der Waals surface area contributed by atoms with E-state index in [0.29, 0.717) is 11.3 Å². The van der Waals surface area contributed by atoms with Crippen LogP contribution in [0.3, 0.4) is 0 Å². The average Bonchev–Trinajstić information content (AvgIpc) is 2.91. The van der Waals surface area contributed by atoms with E-state index in [9.17, 15) is 18.0 Å². The fourth-order valence-corrected chi connectivity index (χ4v) is 2.77. The molecule has 1 atom stereocenters. The van der Waals surface area contributed by atoms with E-state index in [1.165, 1.54) is 25.1 Å². The molecule has 10 heteroatoms. The van der Waals surface area contributed by atoms with Crippen molar-refractivity contribution in [2.45, 2.75) is 31.8 Å². The van der Waals surface area contributed by atoms with Gasteiger partial charge in [0.25, 0.3) is 5.91 Å². The first kappa shape index (κ1) is 18.6. The number of anilines is 1. The number of nitrogens with zero attached hydrogens (tertiary/aromatic N) is 1. The Morgan fingerprint density at radius 3 is 2.52 bits per heavy atom. The summed E-state index contributed by atoms with van der Waals surface area (Å²) in [7, 11) is -3.98.